The van der Waals surface area contributed by atoms with Crippen molar-refractivity contribution in [1.29, 1.82) is 0 Å². The Balaban J connectivity index is 1.78. The fourth-order valence-electron chi connectivity index (χ4n) is 4.35. The number of hydrogen-bond donors (Lipinski definition) is 1. The smallest absolute Gasteiger partial charge is 0.348 e. The van der Waals surface area contributed by atoms with Crippen molar-refractivity contribution < 1.29 is 28.8 Å². The highest BCUT2D eigenvalue weighted by Gasteiger charge is 2.50. The summed E-state index contributed by atoms with van der Waals surface area (Å²) in [4.78, 5) is 18.3. The molecule has 4 rings (SSSR count). The number of rotatable bonds is 12. The molecule has 0 spiro atoms. The summed E-state index contributed by atoms with van der Waals surface area (Å²) >= 11 is 1.32. The van der Waals surface area contributed by atoms with E-state index in [1.54, 1.807) is 14.2 Å². The van der Waals surface area contributed by atoms with Crippen LogP contribution in [0.2, 0.25) is 0 Å². The van der Waals surface area contributed by atoms with Crippen molar-refractivity contribution in [3.8, 4) is 16.7 Å². The van der Waals surface area contributed by atoms with Crippen molar-refractivity contribution in [2.24, 2.45) is 0 Å². The van der Waals surface area contributed by atoms with Crippen LogP contribution in [0.5, 0.6) is 16.7 Å². The lowest BCUT2D eigenvalue weighted by molar-refractivity contribution is -0.163. The average Bonchev–Trinajstić information content (AvgIpc) is 3.27. The highest BCUT2D eigenvalue weighted by Crippen LogP contribution is 2.40. The van der Waals surface area contributed by atoms with E-state index in [-0.39, 0.29) is 11.8 Å². The highest BCUT2D eigenvalue weighted by molar-refractivity contribution is 7.13. The minimum atomic E-state index is -1.46. The number of aryl methyl sites for hydroxylation is 2. The molecule has 4 aromatic rings. The van der Waals surface area contributed by atoms with Crippen LogP contribution >= 0.6 is 11.3 Å². The number of benzene rings is 3. The maximum absolute atomic E-state index is 12.9. The van der Waals surface area contributed by atoms with Crippen LogP contribution in [0, 0.1) is 13.8 Å². The Morgan fingerprint density at radius 2 is 1.53 bits per heavy atom. The van der Waals surface area contributed by atoms with E-state index in [0.717, 1.165) is 16.1 Å². The molecule has 1 heterocycles. The third kappa shape index (κ3) is 5.66. The molecule has 0 saturated carbocycles. The molecule has 3 aromatic carbocycles. The first-order valence-corrected chi connectivity index (χ1v) is 13.0. The Morgan fingerprint density at radius 3 is 2.03 bits per heavy atom. The number of carboxylic acids is 1. The van der Waals surface area contributed by atoms with Gasteiger partial charge in [-0.15, -0.1) is 0 Å². The standard InChI is InChI=1S/C30H31NO6S/c1-20-21(2)38-29(31-20)37-27(28(32)33)30(23-11-7-5-8-12-23,24-13-9-6-10-14-24)36-18-17-22-15-16-25(34-3)26(19-22)35-4/h5-16,19,27H,17-18H2,1-4H3,(H,32,33)/t27-/m1/s1. The third-order valence-corrected chi connectivity index (χ3v) is 7.36. The van der Waals surface area contributed by atoms with Gasteiger partial charge in [0.1, 0.15) is 0 Å². The third-order valence-electron chi connectivity index (χ3n) is 6.39. The first kappa shape index (κ1) is 27.2. The number of hydrogen-bond acceptors (Lipinski definition) is 7. The van der Waals surface area contributed by atoms with Gasteiger partial charge in [-0.3, -0.25) is 0 Å². The van der Waals surface area contributed by atoms with E-state index in [1.807, 2.05) is 92.7 Å². The molecule has 0 fully saturated rings. The summed E-state index contributed by atoms with van der Waals surface area (Å²) in [5.74, 6) is 0.0893. The van der Waals surface area contributed by atoms with Gasteiger partial charge in [-0.1, -0.05) is 78.1 Å². The van der Waals surface area contributed by atoms with Crippen LogP contribution in [0.1, 0.15) is 27.3 Å². The molecule has 198 valence electrons. The number of methoxy groups -OCH3 is 2. The second-order valence-electron chi connectivity index (χ2n) is 8.71. The molecule has 1 N–H and O–H groups in total. The van der Waals surface area contributed by atoms with Crippen molar-refractivity contribution in [1.82, 2.24) is 4.98 Å². The highest BCUT2D eigenvalue weighted by atomic mass is 32.1. The number of aromatic nitrogens is 1. The number of ether oxygens (including phenoxy) is 4. The maximum Gasteiger partial charge on any atom is 0.348 e. The van der Waals surface area contributed by atoms with Crippen LogP contribution in [0.15, 0.2) is 78.9 Å². The monoisotopic (exact) mass is 533 g/mol. The molecular weight excluding hydrogens is 502 g/mol. The summed E-state index contributed by atoms with van der Waals surface area (Å²) in [7, 11) is 3.18. The van der Waals surface area contributed by atoms with E-state index < -0.39 is 17.7 Å². The summed E-state index contributed by atoms with van der Waals surface area (Å²) in [5.41, 5.74) is 1.62. The normalized spacial score (nSPS) is 12.1. The largest absolute Gasteiger partial charge is 0.493 e. The molecule has 0 radical (unpaired) electrons. The molecule has 0 aliphatic heterocycles. The van der Waals surface area contributed by atoms with E-state index in [4.69, 9.17) is 18.9 Å². The second kappa shape index (κ2) is 12.1. The molecular formula is C30H31NO6S. The summed E-state index contributed by atoms with van der Waals surface area (Å²) in [6.07, 6.45) is -0.911. The summed E-state index contributed by atoms with van der Waals surface area (Å²) in [5, 5.41) is 10.8. The number of aliphatic carboxylic acids is 1. The molecule has 0 bridgehead atoms. The number of nitrogens with zero attached hydrogens (tertiary/aromatic N) is 1. The van der Waals surface area contributed by atoms with Crippen molar-refractivity contribution in [2.75, 3.05) is 20.8 Å². The van der Waals surface area contributed by atoms with E-state index in [9.17, 15) is 9.90 Å². The molecule has 0 amide bonds. The maximum atomic E-state index is 12.9. The molecule has 0 aliphatic carbocycles. The Labute approximate surface area is 226 Å². The SMILES string of the molecule is COc1ccc(CCOC(c2ccccc2)(c2ccccc2)[C@H](Oc2nc(C)c(C)s2)C(=O)O)cc1OC. The van der Waals surface area contributed by atoms with Gasteiger partial charge < -0.3 is 24.1 Å². The lowest BCUT2D eigenvalue weighted by Crippen LogP contribution is -2.51. The Bertz CT molecular complexity index is 1300. The van der Waals surface area contributed by atoms with Gasteiger partial charge in [0, 0.05) is 4.88 Å². The van der Waals surface area contributed by atoms with E-state index in [0.29, 0.717) is 29.0 Å². The second-order valence-corrected chi connectivity index (χ2v) is 9.88. The van der Waals surface area contributed by atoms with E-state index in [2.05, 4.69) is 4.98 Å². The molecule has 1 atom stereocenters. The van der Waals surface area contributed by atoms with Gasteiger partial charge in [0.2, 0.25) is 6.10 Å². The van der Waals surface area contributed by atoms with Gasteiger partial charge in [-0.25, -0.2) is 9.78 Å². The van der Waals surface area contributed by atoms with E-state index in [1.165, 1.54) is 11.3 Å². The van der Waals surface area contributed by atoms with Gasteiger partial charge >= 0.3 is 5.97 Å². The van der Waals surface area contributed by atoms with Crippen LogP contribution in [0.4, 0.5) is 0 Å². The first-order valence-electron chi connectivity index (χ1n) is 12.2. The number of carbonyl (C=O) groups is 1. The van der Waals surface area contributed by atoms with Crippen molar-refractivity contribution in [3.63, 3.8) is 0 Å². The van der Waals surface area contributed by atoms with Crippen molar-refractivity contribution in [3.05, 3.63) is 106 Å². The summed E-state index contributed by atoms with van der Waals surface area (Å²) < 4.78 is 23.6. The minimum Gasteiger partial charge on any atom is -0.493 e. The molecule has 38 heavy (non-hydrogen) atoms. The van der Waals surface area contributed by atoms with Gasteiger partial charge in [0.15, 0.2) is 17.1 Å². The lowest BCUT2D eigenvalue weighted by atomic mass is 9.81. The van der Waals surface area contributed by atoms with Crippen LogP contribution in [-0.2, 0) is 21.6 Å². The zero-order valence-corrected chi connectivity index (χ0v) is 22.7. The molecule has 0 aliphatic rings. The molecule has 0 saturated heterocycles. The van der Waals surface area contributed by atoms with Crippen LogP contribution < -0.4 is 14.2 Å². The summed E-state index contributed by atoms with van der Waals surface area (Å²) in [6.45, 7) is 4.01. The number of thiazole rings is 1. The van der Waals surface area contributed by atoms with Crippen LogP contribution in [0.3, 0.4) is 0 Å². The van der Waals surface area contributed by atoms with Gasteiger partial charge in [-0.05, 0) is 49.1 Å². The predicted octanol–water partition coefficient (Wildman–Crippen LogP) is 5.81. The molecule has 7 nitrogen and oxygen atoms in total. The zero-order valence-electron chi connectivity index (χ0n) is 21.8. The number of carboxylic acid groups (broad SMARTS) is 1. The Kier molecular flexibility index (Phi) is 8.66. The van der Waals surface area contributed by atoms with Crippen LogP contribution in [-0.4, -0.2) is 43.0 Å². The predicted molar refractivity (Wildman–Crippen MR) is 147 cm³/mol. The topological polar surface area (TPSA) is 87.1 Å². The van der Waals surface area contributed by atoms with Crippen molar-refractivity contribution in [2.45, 2.75) is 32.0 Å². The quantitative estimate of drug-likeness (QED) is 0.246. The fraction of sp³-hybridized carbons (Fsp3) is 0.267. The van der Waals surface area contributed by atoms with Crippen molar-refractivity contribution >= 4 is 17.3 Å². The van der Waals surface area contributed by atoms with Crippen LogP contribution in [0.25, 0.3) is 0 Å². The van der Waals surface area contributed by atoms with Gasteiger partial charge in [-0.2, -0.15) is 0 Å². The Hall–Kier alpha value is -3.88. The fourth-order valence-corrected chi connectivity index (χ4v) is 5.13. The lowest BCUT2D eigenvalue weighted by Gasteiger charge is -2.39. The minimum absolute atomic E-state index is 0.211. The molecule has 1 aromatic heterocycles. The summed E-state index contributed by atoms with van der Waals surface area (Å²) in [6, 6.07) is 24.3. The average molecular weight is 534 g/mol. The zero-order chi connectivity index (χ0) is 27.1. The Morgan fingerprint density at radius 1 is 0.921 bits per heavy atom. The van der Waals surface area contributed by atoms with Gasteiger partial charge in [0.05, 0.1) is 26.5 Å². The van der Waals surface area contributed by atoms with E-state index >= 15 is 0 Å². The van der Waals surface area contributed by atoms with Gasteiger partial charge in [0.25, 0.3) is 5.19 Å². The molecule has 8 heteroatoms. The molecule has 0 unspecified atom stereocenters. The first-order chi connectivity index (χ1) is 18.4.